The second-order valence-corrected chi connectivity index (χ2v) is 5.24. The predicted octanol–water partition coefficient (Wildman–Crippen LogP) is 3.06. The summed E-state index contributed by atoms with van der Waals surface area (Å²) >= 11 is 0. The number of hydrogen-bond acceptors (Lipinski definition) is 2. The number of H-pyrrole nitrogens is 2. The van der Waals surface area contributed by atoms with Crippen LogP contribution in [-0.4, -0.2) is 15.9 Å². The molecule has 0 fully saturated rings. The third-order valence-electron chi connectivity index (χ3n) is 3.53. The number of rotatable bonds is 4. The van der Waals surface area contributed by atoms with E-state index in [1.165, 1.54) is 5.56 Å². The van der Waals surface area contributed by atoms with Gasteiger partial charge in [0.25, 0.3) is 5.91 Å². The Bertz CT molecular complexity index is 859. The maximum absolute atomic E-state index is 12.2. The van der Waals surface area contributed by atoms with E-state index in [0.29, 0.717) is 22.3 Å². The van der Waals surface area contributed by atoms with Crippen LogP contribution in [0, 0.1) is 0 Å². The Balaban J connectivity index is 1.78. The Hall–Kier alpha value is -2.82. The van der Waals surface area contributed by atoms with Gasteiger partial charge in [-0.05, 0) is 42.3 Å². The van der Waals surface area contributed by atoms with E-state index in [9.17, 15) is 9.59 Å². The average molecular weight is 295 g/mol. The molecule has 0 radical (unpaired) electrons. The summed E-state index contributed by atoms with van der Waals surface area (Å²) in [5, 5.41) is 2.84. The topological polar surface area (TPSA) is 77.8 Å². The minimum atomic E-state index is -0.259. The number of amides is 1. The zero-order valence-corrected chi connectivity index (χ0v) is 12.3. The predicted molar refractivity (Wildman–Crippen MR) is 87.3 cm³/mol. The number of hydrogen-bond donors (Lipinski definition) is 3. The second kappa shape index (κ2) is 5.89. The number of benzene rings is 2. The van der Waals surface area contributed by atoms with Crippen LogP contribution in [0.25, 0.3) is 11.0 Å². The van der Waals surface area contributed by atoms with E-state index in [-0.39, 0.29) is 11.6 Å². The highest BCUT2D eigenvalue weighted by Gasteiger charge is 2.07. The number of aryl methyl sites for hydroxylation is 1. The zero-order valence-electron chi connectivity index (χ0n) is 12.3. The third kappa shape index (κ3) is 2.93. The molecule has 0 aliphatic carbocycles. The molecule has 5 nitrogen and oxygen atoms in total. The summed E-state index contributed by atoms with van der Waals surface area (Å²) in [7, 11) is 0. The van der Waals surface area contributed by atoms with Crippen molar-refractivity contribution in [3.63, 3.8) is 0 Å². The molecule has 1 heterocycles. The van der Waals surface area contributed by atoms with Gasteiger partial charge in [-0.3, -0.25) is 4.79 Å². The maximum Gasteiger partial charge on any atom is 0.323 e. The smallest absolute Gasteiger partial charge is 0.322 e. The standard InChI is InChI=1S/C17H17N3O2/c1-2-3-11-4-6-12(7-5-11)16(21)18-13-8-9-14-15(10-13)20-17(22)19-14/h4-10H,2-3H2,1H3,(H,18,21)(H2,19,20,22). The number of imidazole rings is 1. The Morgan fingerprint density at radius 1 is 1.05 bits per heavy atom. The summed E-state index contributed by atoms with van der Waals surface area (Å²) in [6.07, 6.45) is 2.10. The van der Waals surface area contributed by atoms with E-state index in [0.717, 1.165) is 12.8 Å². The number of nitrogens with one attached hydrogen (secondary N) is 3. The molecule has 3 aromatic rings. The number of carbonyl (C=O) groups is 1. The summed E-state index contributed by atoms with van der Waals surface area (Å²) in [6.45, 7) is 2.13. The molecule has 0 bridgehead atoms. The van der Waals surface area contributed by atoms with E-state index in [2.05, 4.69) is 22.2 Å². The van der Waals surface area contributed by atoms with Gasteiger partial charge < -0.3 is 15.3 Å². The molecule has 1 amide bonds. The van der Waals surface area contributed by atoms with Crippen molar-refractivity contribution in [2.45, 2.75) is 19.8 Å². The highest BCUT2D eigenvalue weighted by atomic mass is 16.2. The second-order valence-electron chi connectivity index (χ2n) is 5.24. The fraction of sp³-hybridized carbons (Fsp3) is 0.176. The summed E-state index contributed by atoms with van der Waals surface area (Å²) < 4.78 is 0. The lowest BCUT2D eigenvalue weighted by atomic mass is 10.1. The summed E-state index contributed by atoms with van der Waals surface area (Å²) in [5.41, 5.74) is 3.61. The average Bonchev–Trinajstić information content (AvgIpc) is 2.87. The molecule has 2 aromatic carbocycles. The molecular weight excluding hydrogens is 278 g/mol. The molecular formula is C17H17N3O2. The first-order chi connectivity index (χ1) is 10.7. The number of aromatic nitrogens is 2. The van der Waals surface area contributed by atoms with Gasteiger partial charge in [-0.1, -0.05) is 25.5 Å². The molecule has 3 rings (SSSR count). The molecule has 1 aromatic heterocycles. The fourth-order valence-corrected chi connectivity index (χ4v) is 2.43. The highest BCUT2D eigenvalue weighted by Crippen LogP contribution is 2.16. The van der Waals surface area contributed by atoms with Crippen LogP contribution in [-0.2, 0) is 6.42 Å². The first-order valence-electron chi connectivity index (χ1n) is 7.28. The molecule has 0 aliphatic heterocycles. The number of aromatic amines is 2. The van der Waals surface area contributed by atoms with Gasteiger partial charge in [0.2, 0.25) is 0 Å². The van der Waals surface area contributed by atoms with E-state index >= 15 is 0 Å². The van der Waals surface area contributed by atoms with Crippen molar-refractivity contribution in [3.8, 4) is 0 Å². The van der Waals surface area contributed by atoms with Crippen molar-refractivity contribution in [1.82, 2.24) is 9.97 Å². The van der Waals surface area contributed by atoms with Crippen LogP contribution in [0.5, 0.6) is 0 Å². The molecule has 0 aliphatic rings. The van der Waals surface area contributed by atoms with Crippen LogP contribution < -0.4 is 11.0 Å². The van der Waals surface area contributed by atoms with Crippen LogP contribution in [0.4, 0.5) is 5.69 Å². The SMILES string of the molecule is CCCc1ccc(C(=O)Nc2ccc3[nH]c(=O)[nH]c3c2)cc1. The lowest BCUT2D eigenvalue weighted by Gasteiger charge is -2.06. The van der Waals surface area contributed by atoms with Gasteiger partial charge in [-0.2, -0.15) is 0 Å². The minimum absolute atomic E-state index is 0.166. The summed E-state index contributed by atoms with van der Waals surface area (Å²) in [5.74, 6) is -0.166. The van der Waals surface area contributed by atoms with E-state index in [1.54, 1.807) is 18.2 Å². The first kappa shape index (κ1) is 14.1. The van der Waals surface area contributed by atoms with Gasteiger partial charge in [0.15, 0.2) is 0 Å². The Kier molecular flexibility index (Phi) is 3.78. The summed E-state index contributed by atoms with van der Waals surface area (Å²) in [4.78, 5) is 28.8. The Labute approximate surface area is 127 Å². The monoisotopic (exact) mass is 295 g/mol. The maximum atomic E-state index is 12.2. The van der Waals surface area contributed by atoms with Gasteiger partial charge in [-0.15, -0.1) is 0 Å². The van der Waals surface area contributed by atoms with Crippen LogP contribution in [0.3, 0.4) is 0 Å². The van der Waals surface area contributed by atoms with Crippen LogP contribution in [0.2, 0.25) is 0 Å². The van der Waals surface area contributed by atoms with E-state index in [1.807, 2.05) is 24.3 Å². The van der Waals surface area contributed by atoms with E-state index < -0.39 is 0 Å². The zero-order chi connectivity index (χ0) is 15.5. The molecule has 0 spiro atoms. The van der Waals surface area contributed by atoms with Crippen molar-refractivity contribution in [1.29, 1.82) is 0 Å². The van der Waals surface area contributed by atoms with Crippen molar-refractivity contribution in [2.24, 2.45) is 0 Å². The molecule has 22 heavy (non-hydrogen) atoms. The Morgan fingerprint density at radius 2 is 1.77 bits per heavy atom. The van der Waals surface area contributed by atoms with Crippen LogP contribution >= 0.6 is 0 Å². The molecule has 3 N–H and O–H groups in total. The number of carbonyl (C=O) groups excluding carboxylic acids is 1. The van der Waals surface area contributed by atoms with Gasteiger partial charge in [0.1, 0.15) is 0 Å². The lowest BCUT2D eigenvalue weighted by molar-refractivity contribution is 0.102. The molecule has 0 unspecified atom stereocenters. The summed E-state index contributed by atoms with van der Waals surface area (Å²) in [6, 6.07) is 12.9. The fourth-order valence-electron chi connectivity index (χ4n) is 2.43. The molecule has 0 atom stereocenters. The third-order valence-corrected chi connectivity index (χ3v) is 3.53. The minimum Gasteiger partial charge on any atom is -0.322 e. The van der Waals surface area contributed by atoms with E-state index in [4.69, 9.17) is 0 Å². The van der Waals surface area contributed by atoms with Gasteiger partial charge in [0.05, 0.1) is 11.0 Å². The normalized spacial score (nSPS) is 10.8. The lowest BCUT2D eigenvalue weighted by Crippen LogP contribution is -2.11. The molecule has 5 heteroatoms. The molecule has 0 saturated heterocycles. The van der Waals surface area contributed by atoms with Crippen molar-refractivity contribution < 1.29 is 4.79 Å². The molecule has 112 valence electrons. The van der Waals surface area contributed by atoms with Gasteiger partial charge in [-0.25, -0.2) is 4.79 Å². The van der Waals surface area contributed by atoms with Crippen molar-refractivity contribution in [2.75, 3.05) is 5.32 Å². The largest absolute Gasteiger partial charge is 0.323 e. The van der Waals surface area contributed by atoms with Crippen LogP contribution in [0.15, 0.2) is 47.3 Å². The first-order valence-corrected chi connectivity index (χ1v) is 7.28. The van der Waals surface area contributed by atoms with Gasteiger partial charge in [0, 0.05) is 11.3 Å². The molecule has 0 saturated carbocycles. The van der Waals surface area contributed by atoms with Crippen molar-refractivity contribution in [3.05, 3.63) is 64.1 Å². The van der Waals surface area contributed by atoms with Gasteiger partial charge >= 0.3 is 5.69 Å². The number of anilines is 1. The number of fused-ring (bicyclic) bond motifs is 1. The highest BCUT2D eigenvalue weighted by molar-refractivity contribution is 6.04. The quantitative estimate of drug-likeness (QED) is 0.691. The van der Waals surface area contributed by atoms with Crippen molar-refractivity contribution >= 4 is 22.6 Å². The Morgan fingerprint density at radius 3 is 2.50 bits per heavy atom. The van der Waals surface area contributed by atoms with Crippen LogP contribution in [0.1, 0.15) is 29.3 Å².